The van der Waals surface area contributed by atoms with Crippen LogP contribution >= 0.6 is 7.82 Å². The van der Waals surface area contributed by atoms with Crippen LogP contribution in [-0.2, 0) is 42.2 Å². The third-order valence-electron chi connectivity index (χ3n) is 9.58. The SMILES string of the molecule is CC/C=C\C/C=C\C/C=C\C/C=C\CCC(=O)OC(CO)COP(=O)(O)OCC(COC(=O)CCCCCCC/C=C\C/C=C\C/C=C\CC)OC(=O)CC/C=C\C/C=C\C/C=C\C/C=C\CC. The van der Waals surface area contributed by atoms with Gasteiger partial charge in [0.05, 0.1) is 19.8 Å². The van der Waals surface area contributed by atoms with Crippen LogP contribution in [0.5, 0.6) is 0 Å². The van der Waals surface area contributed by atoms with E-state index in [-0.39, 0.29) is 25.9 Å². The van der Waals surface area contributed by atoms with Crippen molar-refractivity contribution >= 4 is 25.7 Å². The summed E-state index contributed by atoms with van der Waals surface area (Å²) < 4.78 is 39.1. The Morgan fingerprint density at radius 3 is 1.16 bits per heavy atom. The molecule has 0 heterocycles. The number of carbonyl (C=O) groups is 3. The van der Waals surface area contributed by atoms with Crippen LogP contribution in [0.25, 0.3) is 0 Å². The molecule has 0 aromatic rings. The summed E-state index contributed by atoms with van der Waals surface area (Å²) in [6.07, 6.45) is 60.3. The van der Waals surface area contributed by atoms with Gasteiger partial charge in [-0.25, -0.2) is 4.57 Å². The number of esters is 3. The zero-order valence-corrected chi connectivity index (χ0v) is 42.7. The van der Waals surface area contributed by atoms with Gasteiger partial charge in [-0.2, -0.15) is 0 Å². The molecule has 0 aliphatic rings. The lowest BCUT2D eigenvalue weighted by Crippen LogP contribution is -2.30. The van der Waals surface area contributed by atoms with E-state index in [1.807, 2.05) is 36.5 Å². The number of carbonyl (C=O) groups excluding carboxylic acids is 3. The van der Waals surface area contributed by atoms with Crippen LogP contribution < -0.4 is 0 Å². The van der Waals surface area contributed by atoms with Crippen LogP contribution in [0.4, 0.5) is 0 Å². The fraction of sp³-hybridized carbons (Fsp3) is 0.554. The minimum Gasteiger partial charge on any atom is -0.462 e. The smallest absolute Gasteiger partial charge is 0.462 e. The van der Waals surface area contributed by atoms with Gasteiger partial charge in [0, 0.05) is 19.3 Å². The third kappa shape index (κ3) is 46.7. The largest absolute Gasteiger partial charge is 0.472 e. The highest BCUT2D eigenvalue weighted by atomic mass is 31.2. The molecule has 12 heteroatoms. The molecule has 0 aliphatic heterocycles. The Morgan fingerprint density at radius 2 is 0.750 bits per heavy atom. The Bertz CT molecular complexity index is 1650. The van der Waals surface area contributed by atoms with Crippen LogP contribution in [0.3, 0.4) is 0 Å². The van der Waals surface area contributed by atoms with Crippen molar-refractivity contribution in [2.75, 3.05) is 26.4 Å². The Morgan fingerprint density at radius 1 is 0.412 bits per heavy atom. The maximum atomic E-state index is 12.8. The molecule has 0 rings (SSSR count). The van der Waals surface area contributed by atoms with E-state index in [9.17, 15) is 28.9 Å². The molecule has 11 nitrogen and oxygen atoms in total. The van der Waals surface area contributed by atoms with Crippen LogP contribution in [0.1, 0.15) is 162 Å². The van der Waals surface area contributed by atoms with Crippen molar-refractivity contribution in [3.63, 3.8) is 0 Å². The minimum atomic E-state index is -4.79. The zero-order valence-electron chi connectivity index (χ0n) is 41.8. The lowest BCUT2D eigenvalue weighted by atomic mass is 10.1. The highest BCUT2D eigenvalue weighted by molar-refractivity contribution is 7.47. The van der Waals surface area contributed by atoms with Crippen LogP contribution in [0.2, 0.25) is 0 Å². The number of aliphatic hydroxyl groups is 1. The number of aliphatic hydroxyl groups excluding tert-OH is 1. The molecule has 0 amide bonds. The standard InChI is InChI=1S/C56H87O11P/c1-4-7-10-13-16-19-22-25-26-29-30-33-36-39-42-45-54(58)63-49-53(67-56(60)47-44-41-38-35-32-28-24-21-18-15-12-9-6-3)51-65-68(61,62)64-50-52(48-57)66-55(59)46-43-40-37-34-31-27-23-20-17-14-11-8-5-2/h7-12,16-21,25-28,31-32,37-38,40-41,52-53,57H,4-6,13-15,22-24,29-30,33-36,39,42-51H2,1-3H3,(H,61,62)/b10-7-,11-8-,12-9-,19-16-,20-17-,21-18-,26-25-,31-27-,32-28-,40-37-,41-38-. The Hall–Kier alpha value is -4.38. The van der Waals surface area contributed by atoms with Gasteiger partial charge in [-0.05, 0) is 103 Å². The van der Waals surface area contributed by atoms with Gasteiger partial charge in [0.2, 0.25) is 0 Å². The number of phosphoric acid groups is 1. The molecule has 0 saturated carbocycles. The molecular formula is C56H87O11P. The summed E-state index contributed by atoms with van der Waals surface area (Å²) in [4.78, 5) is 48.2. The highest BCUT2D eigenvalue weighted by Gasteiger charge is 2.28. The van der Waals surface area contributed by atoms with Gasteiger partial charge in [-0.15, -0.1) is 0 Å². The normalized spacial score (nSPS) is 14.6. The summed E-state index contributed by atoms with van der Waals surface area (Å²) in [6.45, 7) is 4.06. The number of hydrogen-bond acceptors (Lipinski definition) is 10. The second-order valence-corrected chi connectivity index (χ2v) is 17.3. The quantitative estimate of drug-likeness (QED) is 0.0197. The van der Waals surface area contributed by atoms with E-state index in [2.05, 4.69) is 118 Å². The summed E-state index contributed by atoms with van der Waals surface area (Å²) >= 11 is 0. The van der Waals surface area contributed by atoms with Gasteiger partial charge in [-0.3, -0.25) is 23.4 Å². The Balaban J connectivity index is 4.94. The number of phosphoric ester groups is 1. The molecule has 0 aliphatic carbocycles. The van der Waals surface area contributed by atoms with Gasteiger partial charge in [-0.1, -0.05) is 174 Å². The molecular weight excluding hydrogens is 880 g/mol. The minimum absolute atomic E-state index is 0.0293. The second kappa shape index (κ2) is 49.1. The lowest BCUT2D eigenvalue weighted by molar-refractivity contribution is -0.161. The maximum absolute atomic E-state index is 12.8. The van der Waals surface area contributed by atoms with Gasteiger partial charge in [0.15, 0.2) is 6.10 Å². The Labute approximate surface area is 410 Å². The zero-order chi connectivity index (χ0) is 49.9. The topological polar surface area (TPSA) is 155 Å². The van der Waals surface area contributed by atoms with Crippen molar-refractivity contribution in [2.45, 2.75) is 174 Å². The predicted molar refractivity (Wildman–Crippen MR) is 279 cm³/mol. The van der Waals surface area contributed by atoms with Crippen LogP contribution in [-0.4, -0.2) is 66.5 Å². The summed E-state index contributed by atoms with van der Waals surface area (Å²) in [6, 6.07) is 0. The first-order valence-electron chi connectivity index (χ1n) is 25.1. The van der Waals surface area contributed by atoms with Crippen LogP contribution in [0.15, 0.2) is 134 Å². The van der Waals surface area contributed by atoms with Gasteiger partial charge in [0.1, 0.15) is 12.7 Å². The fourth-order valence-electron chi connectivity index (χ4n) is 5.87. The molecule has 0 fully saturated rings. The van der Waals surface area contributed by atoms with Gasteiger partial charge < -0.3 is 24.2 Å². The van der Waals surface area contributed by atoms with E-state index in [4.69, 9.17) is 23.3 Å². The van der Waals surface area contributed by atoms with Crippen molar-refractivity contribution in [3.05, 3.63) is 134 Å². The lowest BCUT2D eigenvalue weighted by Gasteiger charge is -2.21. The molecule has 0 aromatic heterocycles. The van der Waals surface area contributed by atoms with E-state index in [0.717, 1.165) is 96.3 Å². The number of hydrogen-bond donors (Lipinski definition) is 2. The summed E-state index contributed by atoms with van der Waals surface area (Å²) in [7, 11) is -4.79. The first-order chi connectivity index (χ1) is 33.2. The second-order valence-electron chi connectivity index (χ2n) is 15.8. The van der Waals surface area contributed by atoms with Gasteiger partial charge >= 0.3 is 25.7 Å². The number of ether oxygens (including phenoxy) is 3. The predicted octanol–water partition coefficient (Wildman–Crippen LogP) is 14.2. The summed E-state index contributed by atoms with van der Waals surface area (Å²) in [5.41, 5.74) is 0. The first-order valence-corrected chi connectivity index (χ1v) is 26.6. The Kier molecular flexibility index (Phi) is 45.9. The van der Waals surface area contributed by atoms with Crippen molar-refractivity contribution < 1.29 is 52.2 Å². The maximum Gasteiger partial charge on any atom is 0.472 e. The van der Waals surface area contributed by atoms with Crippen molar-refractivity contribution in [3.8, 4) is 0 Å². The molecule has 3 atom stereocenters. The van der Waals surface area contributed by atoms with Crippen molar-refractivity contribution in [2.24, 2.45) is 0 Å². The average molecular weight is 967 g/mol. The molecule has 0 spiro atoms. The van der Waals surface area contributed by atoms with E-state index in [1.165, 1.54) is 0 Å². The monoisotopic (exact) mass is 967 g/mol. The molecule has 0 radical (unpaired) electrons. The van der Waals surface area contributed by atoms with Crippen LogP contribution in [0, 0.1) is 0 Å². The molecule has 0 bridgehead atoms. The number of unbranched alkanes of at least 4 members (excludes halogenated alkanes) is 5. The molecule has 68 heavy (non-hydrogen) atoms. The van der Waals surface area contributed by atoms with E-state index < -0.39 is 57.8 Å². The van der Waals surface area contributed by atoms with Gasteiger partial charge in [0.25, 0.3) is 0 Å². The summed E-state index contributed by atoms with van der Waals surface area (Å²) in [5, 5.41) is 9.75. The third-order valence-corrected chi connectivity index (χ3v) is 10.5. The van der Waals surface area contributed by atoms with Crippen molar-refractivity contribution in [1.29, 1.82) is 0 Å². The molecule has 2 N–H and O–H groups in total. The average Bonchev–Trinajstić information content (AvgIpc) is 3.32. The van der Waals surface area contributed by atoms with E-state index in [1.54, 1.807) is 0 Å². The molecule has 0 aromatic carbocycles. The molecule has 382 valence electrons. The highest BCUT2D eigenvalue weighted by Crippen LogP contribution is 2.43. The first kappa shape index (κ1) is 63.6. The summed E-state index contributed by atoms with van der Waals surface area (Å²) in [5.74, 6) is -1.69. The number of rotatable bonds is 44. The molecule has 3 unspecified atom stereocenters. The van der Waals surface area contributed by atoms with Crippen molar-refractivity contribution in [1.82, 2.24) is 0 Å². The van der Waals surface area contributed by atoms with E-state index in [0.29, 0.717) is 25.7 Å². The molecule has 0 saturated heterocycles. The number of allylic oxidation sites excluding steroid dienone is 22. The van der Waals surface area contributed by atoms with E-state index >= 15 is 0 Å². The fourth-order valence-corrected chi connectivity index (χ4v) is 6.65.